The molecule has 1 aliphatic carbocycles. The van der Waals surface area contributed by atoms with Crippen LogP contribution in [-0.2, 0) is 19.4 Å². The van der Waals surface area contributed by atoms with Crippen LogP contribution in [0.15, 0.2) is 36.5 Å². The molecule has 5 rings (SSSR count). The Hall–Kier alpha value is -1.99. The Kier molecular flexibility index (Phi) is 6.50. The normalized spacial score (nSPS) is 23.5. The molecule has 3 N–H and O–H groups in total. The zero-order valence-corrected chi connectivity index (χ0v) is 18.4. The lowest BCUT2D eigenvalue weighted by molar-refractivity contribution is 0.121. The smallest absolute Gasteiger partial charge is 0.0607 e. The van der Waals surface area contributed by atoms with Gasteiger partial charge in [0.1, 0.15) is 0 Å². The number of aromatic nitrogens is 1. The Bertz CT molecular complexity index is 882. The largest absolute Gasteiger partial charge is 0.395 e. The molecule has 0 bridgehead atoms. The molecule has 6 nitrogen and oxygen atoms in total. The fourth-order valence-corrected chi connectivity index (χ4v) is 5.65. The zero-order chi connectivity index (χ0) is 21.0. The fourth-order valence-electron chi connectivity index (χ4n) is 5.65. The highest BCUT2D eigenvalue weighted by atomic mass is 16.3. The van der Waals surface area contributed by atoms with Crippen molar-refractivity contribution in [3.63, 3.8) is 0 Å². The standard InChI is InChI=1S/C25H35N5O/c31-15-14-30(24-8-1-4-19-6-3-9-27-25(19)24)18-21-16-22-20(17-28-21)5-2-7-23(22)29-12-10-26-11-13-29/h2-3,5-7,9,21,24,26,28,31H,1,4,8,10-18H2/t21-,24+/m1/s1. The minimum atomic E-state index is 0.188. The molecule has 0 saturated carbocycles. The van der Waals surface area contributed by atoms with Crippen LogP contribution in [0.5, 0.6) is 0 Å². The van der Waals surface area contributed by atoms with Crippen molar-refractivity contribution in [2.45, 2.75) is 44.3 Å². The molecule has 166 valence electrons. The van der Waals surface area contributed by atoms with Gasteiger partial charge in [-0.25, -0.2) is 0 Å². The van der Waals surface area contributed by atoms with E-state index in [-0.39, 0.29) is 6.61 Å². The third-order valence-electron chi connectivity index (χ3n) is 7.19. The summed E-state index contributed by atoms with van der Waals surface area (Å²) < 4.78 is 0. The monoisotopic (exact) mass is 421 g/mol. The van der Waals surface area contributed by atoms with Gasteiger partial charge in [-0.15, -0.1) is 0 Å². The lowest BCUT2D eigenvalue weighted by Gasteiger charge is -2.39. The van der Waals surface area contributed by atoms with E-state index in [0.29, 0.717) is 18.6 Å². The average molecular weight is 422 g/mol. The van der Waals surface area contributed by atoms with Gasteiger partial charge in [-0.05, 0) is 54.5 Å². The predicted molar refractivity (Wildman–Crippen MR) is 124 cm³/mol. The third-order valence-corrected chi connectivity index (χ3v) is 7.19. The average Bonchev–Trinajstić information content (AvgIpc) is 2.83. The highest BCUT2D eigenvalue weighted by Gasteiger charge is 2.30. The van der Waals surface area contributed by atoms with Crippen molar-refractivity contribution in [1.29, 1.82) is 0 Å². The van der Waals surface area contributed by atoms with Crippen molar-refractivity contribution in [1.82, 2.24) is 20.5 Å². The lowest BCUT2D eigenvalue weighted by Crippen LogP contribution is -2.48. The molecule has 1 aromatic carbocycles. The van der Waals surface area contributed by atoms with E-state index in [0.717, 1.165) is 58.5 Å². The number of benzene rings is 1. The summed E-state index contributed by atoms with van der Waals surface area (Å²) in [6.07, 6.45) is 6.40. The third kappa shape index (κ3) is 4.48. The van der Waals surface area contributed by atoms with Crippen LogP contribution in [0.3, 0.4) is 0 Å². The highest BCUT2D eigenvalue weighted by Crippen LogP contribution is 2.34. The Labute approximate surface area is 185 Å². The van der Waals surface area contributed by atoms with Gasteiger partial charge in [0.25, 0.3) is 0 Å². The minimum Gasteiger partial charge on any atom is -0.395 e. The number of aliphatic hydroxyl groups is 1. The second-order valence-electron chi connectivity index (χ2n) is 9.11. The van der Waals surface area contributed by atoms with Crippen LogP contribution in [0.2, 0.25) is 0 Å². The maximum Gasteiger partial charge on any atom is 0.0607 e. The summed E-state index contributed by atoms with van der Waals surface area (Å²) in [4.78, 5) is 9.77. The van der Waals surface area contributed by atoms with Crippen molar-refractivity contribution < 1.29 is 5.11 Å². The molecule has 31 heavy (non-hydrogen) atoms. The quantitative estimate of drug-likeness (QED) is 0.662. The zero-order valence-electron chi connectivity index (χ0n) is 18.4. The molecule has 2 atom stereocenters. The molecule has 3 aliphatic rings. The van der Waals surface area contributed by atoms with E-state index in [1.807, 2.05) is 6.20 Å². The number of hydrogen-bond acceptors (Lipinski definition) is 6. The van der Waals surface area contributed by atoms with Gasteiger partial charge in [-0.3, -0.25) is 9.88 Å². The summed E-state index contributed by atoms with van der Waals surface area (Å²) in [5.41, 5.74) is 6.97. The van der Waals surface area contributed by atoms with Gasteiger partial charge in [0.05, 0.1) is 18.3 Å². The first-order valence-electron chi connectivity index (χ1n) is 11.9. The summed E-state index contributed by atoms with van der Waals surface area (Å²) in [5.74, 6) is 0. The van der Waals surface area contributed by atoms with E-state index in [1.165, 1.54) is 34.5 Å². The van der Waals surface area contributed by atoms with Gasteiger partial charge in [0.2, 0.25) is 0 Å². The van der Waals surface area contributed by atoms with Crippen LogP contribution in [0.1, 0.15) is 41.3 Å². The van der Waals surface area contributed by atoms with Crippen LogP contribution in [0, 0.1) is 0 Å². The maximum absolute atomic E-state index is 9.82. The molecule has 0 radical (unpaired) electrons. The van der Waals surface area contributed by atoms with Crippen molar-refractivity contribution in [3.8, 4) is 0 Å². The molecule has 1 saturated heterocycles. The Morgan fingerprint density at radius 1 is 1.13 bits per heavy atom. The van der Waals surface area contributed by atoms with Crippen LogP contribution in [0.25, 0.3) is 0 Å². The summed E-state index contributed by atoms with van der Waals surface area (Å²) in [6.45, 7) is 7.03. The van der Waals surface area contributed by atoms with E-state index in [1.54, 1.807) is 0 Å². The van der Waals surface area contributed by atoms with Gasteiger partial charge in [-0.1, -0.05) is 18.2 Å². The topological polar surface area (TPSA) is 63.7 Å². The number of aryl methyl sites for hydroxylation is 1. The molecular formula is C25H35N5O. The summed E-state index contributed by atoms with van der Waals surface area (Å²) >= 11 is 0. The van der Waals surface area contributed by atoms with Gasteiger partial charge >= 0.3 is 0 Å². The first-order valence-corrected chi connectivity index (χ1v) is 11.9. The van der Waals surface area contributed by atoms with Gasteiger partial charge < -0.3 is 20.6 Å². The predicted octanol–water partition coefficient (Wildman–Crippen LogP) is 1.88. The molecule has 1 fully saturated rings. The van der Waals surface area contributed by atoms with E-state index >= 15 is 0 Å². The summed E-state index contributed by atoms with van der Waals surface area (Å²) in [7, 11) is 0. The lowest BCUT2D eigenvalue weighted by atomic mass is 9.89. The van der Waals surface area contributed by atoms with Gasteiger partial charge in [0, 0.05) is 63.7 Å². The molecule has 0 unspecified atom stereocenters. The SMILES string of the molecule is OCCN(C[C@H]1Cc2c(cccc2N2CCNCC2)CN1)[C@H]1CCCc2cccnc21. The van der Waals surface area contributed by atoms with E-state index < -0.39 is 0 Å². The van der Waals surface area contributed by atoms with Crippen molar-refractivity contribution in [2.75, 3.05) is 50.8 Å². The number of fused-ring (bicyclic) bond motifs is 2. The van der Waals surface area contributed by atoms with Crippen LogP contribution < -0.4 is 15.5 Å². The number of rotatable bonds is 6. The number of piperazine rings is 1. The van der Waals surface area contributed by atoms with Crippen molar-refractivity contribution >= 4 is 5.69 Å². The second-order valence-corrected chi connectivity index (χ2v) is 9.11. The highest BCUT2D eigenvalue weighted by molar-refractivity contribution is 5.58. The van der Waals surface area contributed by atoms with Gasteiger partial charge in [-0.2, -0.15) is 0 Å². The maximum atomic E-state index is 9.82. The summed E-state index contributed by atoms with van der Waals surface area (Å²) in [5, 5.41) is 17.1. The van der Waals surface area contributed by atoms with Crippen molar-refractivity contribution in [2.24, 2.45) is 0 Å². The van der Waals surface area contributed by atoms with E-state index in [4.69, 9.17) is 4.98 Å². The molecule has 2 aromatic rings. The second kappa shape index (κ2) is 9.65. The molecule has 6 heteroatoms. The van der Waals surface area contributed by atoms with E-state index in [9.17, 15) is 5.11 Å². The number of pyridine rings is 1. The van der Waals surface area contributed by atoms with Crippen LogP contribution in [0.4, 0.5) is 5.69 Å². The molecule has 1 aromatic heterocycles. The van der Waals surface area contributed by atoms with Crippen LogP contribution in [-0.4, -0.2) is 66.9 Å². The Balaban J connectivity index is 1.35. The fraction of sp³-hybridized carbons (Fsp3) is 0.560. The van der Waals surface area contributed by atoms with Crippen LogP contribution >= 0.6 is 0 Å². The Morgan fingerprint density at radius 3 is 2.87 bits per heavy atom. The minimum absolute atomic E-state index is 0.188. The Morgan fingerprint density at radius 2 is 2.00 bits per heavy atom. The first-order chi connectivity index (χ1) is 15.3. The van der Waals surface area contributed by atoms with E-state index in [2.05, 4.69) is 50.8 Å². The number of hydrogen-bond donors (Lipinski definition) is 3. The van der Waals surface area contributed by atoms with Gasteiger partial charge in [0.15, 0.2) is 0 Å². The molecular weight excluding hydrogens is 386 g/mol. The number of anilines is 1. The first kappa shape index (κ1) is 20.9. The molecule has 0 spiro atoms. The number of aliphatic hydroxyl groups excluding tert-OH is 1. The molecule has 0 amide bonds. The molecule has 2 aliphatic heterocycles. The summed E-state index contributed by atoms with van der Waals surface area (Å²) in [6, 6.07) is 11.8. The molecule has 3 heterocycles. The number of nitrogens with one attached hydrogen (secondary N) is 2. The van der Waals surface area contributed by atoms with Crippen molar-refractivity contribution in [3.05, 3.63) is 58.9 Å². The number of nitrogens with zero attached hydrogens (tertiary/aromatic N) is 3.